The summed E-state index contributed by atoms with van der Waals surface area (Å²) in [6.07, 6.45) is 0. The van der Waals surface area contributed by atoms with Gasteiger partial charge in [0.25, 0.3) is 11.8 Å². The molecule has 0 spiro atoms. The number of amides is 2. The van der Waals surface area contributed by atoms with Crippen LogP contribution in [-0.4, -0.2) is 18.4 Å². The Kier molecular flexibility index (Phi) is 5.48. The Hall–Kier alpha value is -2.41. The van der Waals surface area contributed by atoms with E-state index in [9.17, 15) is 14.0 Å². The molecule has 0 aliphatic rings. The molecule has 3 N–H and O–H groups in total. The summed E-state index contributed by atoms with van der Waals surface area (Å²) in [5.74, 6) is -1.21. The SMILES string of the molecule is O=C(CNc1ccc(F)cc1)NNC(=O)c1ccccc1Br. The van der Waals surface area contributed by atoms with Crippen LogP contribution in [0.4, 0.5) is 10.1 Å². The molecule has 2 aromatic rings. The van der Waals surface area contributed by atoms with Crippen LogP contribution < -0.4 is 16.2 Å². The van der Waals surface area contributed by atoms with Crippen LogP contribution in [0, 0.1) is 5.82 Å². The molecule has 2 rings (SSSR count). The van der Waals surface area contributed by atoms with Crippen molar-refractivity contribution in [3.8, 4) is 0 Å². The van der Waals surface area contributed by atoms with Crippen LogP contribution in [0.3, 0.4) is 0 Å². The van der Waals surface area contributed by atoms with Gasteiger partial charge in [-0.1, -0.05) is 12.1 Å². The predicted molar refractivity (Wildman–Crippen MR) is 84.6 cm³/mol. The monoisotopic (exact) mass is 365 g/mol. The van der Waals surface area contributed by atoms with Crippen molar-refractivity contribution < 1.29 is 14.0 Å². The highest BCUT2D eigenvalue weighted by Gasteiger charge is 2.10. The molecule has 7 heteroatoms. The molecule has 0 saturated heterocycles. The zero-order chi connectivity index (χ0) is 15.9. The average molecular weight is 366 g/mol. The predicted octanol–water partition coefficient (Wildman–Crippen LogP) is 2.46. The molecule has 0 atom stereocenters. The number of benzene rings is 2. The van der Waals surface area contributed by atoms with E-state index < -0.39 is 11.8 Å². The van der Waals surface area contributed by atoms with Crippen molar-refractivity contribution >= 4 is 33.4 Å². The van der Waals surface area contributed by atoms with E-state index in [0.717, 1.165) is 0 Å². The molecule has 2 aromatic carbocycles. The Morgan fingerprint density at radius 3 is 2.36 bits per heavy atom. The maximum Gasteiger partial charge on any atom is 0.270 e. The molecule has 22 heavy (non-hydrogen) atoms. The molecule has 0 saturated carbocycles. The van der Waals surface area contributed by atoms with Crippen molar-refractivity contribution in [3.63, 3.8) is 0 Å². The number of carbonyl (C=O) groups excluding carboxylic acids is 2. The summed E-state index contributed by atoms with van der Waals surface area (Å²) in [6.45, 7) is -0.0537. The number of anilines is 1. The molecule has 0 bridgehead atoms. The molecule has 0 aliphatic carbocycles. The van der Waals surface area contributed by atoms with Gasteiger partial charge in [0, 0.05) is 10.2 Å². The Bertz CT molecular complexity index is 677. The minimum absolute atomic E-state index is 0.0537. The number of hydrogen-bond donors (Lipinski definition) is 3. The van der Waals surface area contributed by atoms with Gasteiger partial charge in [-0.3, -0.25) is 20.4 Å². The summed E-state index contributed by atoms with van der Waals surface area (Å²) in [6, 6.07) is 12.5. The van der Waals surface area contributed by atoms with Gasteiger partial charge >= 0.3 is 0 Å². The third-order valence-electron chi connectivity index (χ3n) is 2.73. The number of carbonyl (C=O) groups is 2. The molecular weight excluding hydrogens is 353 g/mol. The summed E-state index contributed by atoms with van der Waals surface area (Å²) < 4.78 is 13.4. The lowest BCUT2D eigenvalue weighted by Gasteiger charge is -2.09. The first-order valence-corrected chi connectivity index (χ1v) is 7.19. The van der Waals surface area contributed by atoms with Crippen molar-refractivity contribution in [1.29, 1.82) is 0 Å². The molecule has 0 radical (unpaired) electrons. The van der Waals surface area contributed by atoms with Crippen molar-refractivity contribution in [3.05, 3.63) is 64.4 Å². The van der Waals surface area contributed by atoms with Gasteiger partial charge in [0.2, 0.25) is 0 Å². The molecule has 0 unspecified atom stereocenters. The third kappa shape index (κ3) is 4.56. The molecule has 0 heterocycles. The maximum absolute atomic E-state index is 12.7. The normalized spacial score (nSPS) is 9.91. The Morgan fingerprint density at radius 1 is 1.00 bits per heavy atom. The first-order chi connectivity index (χ1) is 10.6. The lowest BCUT2D eigenvalue weighted by atomic mass is 10.2. The fourth-order valence-corrected chi connectivity index (χ4v) is 2.10. The van der Waals surface area contributed by atoms with Crippen molar-refractivity contribution in [1.82, 2.24) is 10.9 Å². The largest absolute Gasteiger partial charge is 0.376 e. The second-order valence-corrected chi connectivity index (χ2v) is 5.20. The van der Waals surface area contributed by atoms with Gasteiger partial charge in [0.1, 0.15) is 5.82 Å². The second kappa shape index (κ2) is 7.56. The van der Waals surface area contributed by atoms with E-state index in [1.54, 1.807) is 24.3 Å². The van der Waals surface area contributed by atoms with E-state index in [4.69, 9.17) is 0 Å². The van der Waals surface area contributed by atoms with Gasteiger partial charge in [-0.25, -0.2) is 4.39 Å². The van der Waals surface area contributed by atoms with Crippen LogP contribution in [0.5, 0.6) is 0 Å². The Morgan fingerprint density at radius 2 is 1.68 bits per heavy atom. The summed E-state index contributed by atoms with van der Waals surface area (Å²) in [5.41, 5.74) is 5.63. The van der Waals surface area contributed by atoms with E-state index in [1.807, 2.05) is 0 Å². The maximum atomic E-state index is 12.7. The molecular formula is C15H13BrFN3O2. The van der Waals surface area contributed by atoms with Gasteiger partial charge in [-0.05, 0) is 52.3 Å². The second-order valence-electron chi connectivity index (χ2n) is 4.34. The lowest BCUT2D eigenvalue weighted by Crippen LogP contribution is -2.44. The standard InChI is InChI=1S/C15H13BrFN3O2/c16-13-4-2-1-3-12(13)15(22)20-19-14(21)9-18-11-7-5-10(17)6-8-11/h1-8,18H,9H2,(H,19,21)(H,20,22). The van der Waals surface area contributed by atoms with Crippen LogP contribution in [-0.2, 0) is 4.79 Å². The van der Waals surface area contributed by atoms with Gasteiger partial charge in [-0.15, -0.1) is 0 Å². The van der Waals surface area contributed by atoms with Crippen LogP contribution in [0.2, 0.25) is 0 Å². The van der Waals surface area contributed by atoms with Gasteiger partial charge in [0.15, 0.2) is 0 Å². The van der Waals surface area contributed by atoms with E-state index >= 15 is 0 Å². The topological polar surface area (TPSA) is 70.2 Å². The zero-order valence-corrected chi connectivity index (χ0v) is 13.0. The lowest BCUT2D eigenvalue weighted by molar-refractivity contribution is -0.120. The molecule has 2 amide bonds. The smallest absolute Gasteiger partial charge is 0.270 e. The highest BCUT2D eigenvalue weighted by Crippen LogP contribution is 2.15. The Labute approximate surface area is 135 Å². The van der Waals surface area contributed by atoms with Crippen LogP contribution in [0.1, 0.15) is 10.4 Å². The van der Waals surface area contributed by atoms with Crippen molar-refractivity contribution in [2.75, 3.05) is 11.9 Å². The van der Waals surface area contributed by atoms with Crippen LogP contribution in [0.25, 0.3) is 0 Å². The van der Waals surface area contributed by atoms with Crippen molar-refractivity contribution in [2.45, 2.75) is 0 Å². The summed E-state index contributed by atoms with van der Waals surface area (Å²) in [4.78, 5) is 23.5. The van der Waals surface area contributed by atoms with Gasteiger partial charge in [-0.2, -0.15) is 0 Å². The van der Waals surface area contributed by atoms with E-state index in [2.05, 4.69) is 32.1 Å². The number of rotatable bonds is 4. The van der Waals surface area contributed by atoms with Crippen LogP contribution >= 0.6 is 15.9 Å². The molecule has 5 nitrogen and oxygen atoms in total. The highest BCUT2D eigenvalue weighted by molar-refractivity contribution is 9.10. The molecule has 0 fully saturated rings. The van der Waals surface area contributed by atoms with Crippen LogP contribution in [0.15, 0.2) is 53.0 Å². The average Bonchev–Trinajstić information content (AvgIpc) is 2.52. The number of hydrazine groups is 1. The molecule has 0 aromatic heterocycles. The number of hydrogen-bond acceptors (Lipinski definition) is 3. The number of halogens is 2. The first-order valence-electron chi connectivity index (χ1n) is 6.39. The van der Waals surface area contributed by atoms with E-state index in [1.165, 1.54) is 24.3 Å². The summed E-state index contributed by atoms with van der Waals surface area (Å²) in [5, 5.41) is 2.81. The van der Waals surface area contributed by atoms with E-state index in [-0.39, 0.29) is 12.4 Å². The van der Waals surface area contributed by atoms with Gasteiger partial charge < -0.3 is 5.32 Å². The quantitative estimate of drug-likeness (QED) is 0.729. The third-order valence-corrected chi connectivity index (χ3v) is 3.42. The summed E-state index contributed by atoms with van der Waals surface area (Å²) in [7, 11) is 0. The van der Waals surface area contributed by atoms with E-state index in [0.29, 0.717) is 15.7 Å². The highest BCUT2D eigenvalue weighted by atomic mass is 79.9. The summed E-state index contributed by atoms with van der Waals surface area (Å²) >= 11 is 3.25. The fourth-order valence-electron chi connectivity index (χ4n) is 1.63. The number of nitrogens with one attached hydrogen (secondary N) is 3. The minimum atomic E-state index is -0.428. The molecule has 0 aliphatic heterocycles. The first kappa shape index (κ1) is 16.0. The van der Waals surface area contributed by atoms with Gasteiger partial charge in [0.05, 0.1) is 12.1 Å². The Balaban J connectivity index is 1.79. The molecule has 114 valence electrons. The minimum Gasteiger partial charge on any atom is -0.376 e. The van der Waals surface area contributed by atoms with Crippen molar-refractivity contribution in [2.24, 2.45) is 0 Å². The zero-order valence-electron chi connectivity index (χ0n) is 11.4. The fraction of sp³-hybridized carbons (Fsp3) is 0.0667.